The van der Waals surface area contributed by atoms with Crippen molar-refractivity contribution >= 4 is 27.8 Å². The maximum Gasteiger partial charge on any atom is 0.0540 e. The Labute approximate surface area is 294 Å². The predicted octanol–water partition coefficient (Wildman–Crippen LogP) is 13.6. The molecule has 9 rings (SSSR count). The summed E-state index contributed by atoms with van der Waals surface area (Å²) < 4.78 is 0. The number of nitrogens with zero attached hydrogens (tertiary/aromatic N) is 1. The van der Waals surface area contributed by atoms with E-state index in [2.05, 4.69) is 207 Å². The van der Waals surface area contributed by atoms with Gasteiger partial charge in [0, 0.05) is 22.2 Å². The van der Waals surface area contributed by atoms with Gasteiger partial charge in [0.15, 0.2) is 0 Å². The largest absolute Gasteiger partial charge is 0.310 e. The lowest BCUT2D eigenvalue weighted by Gasteiger charge is -2.28. The minimum atomic E-state index is -0.0447. The number of fused-ring (bicyclic) bond motifs is 4. The second-order valence-corrected chi connectivity index (χ2v) is 13.8. The van der Waals surface area contributed by atoms with Crippen LogP contribution in [0.1, 0.15) is 25.0 Å². The van der Waals surface area contributed by atoms with Crippen LogP contribution in [0.5, 0.6) is 0 Å². The van der Waals surface area contributed by atoms with Gasteiger partial charge < -0.3 is 4.90 Å². The Bertz CT molecular complexity index is 2500. The predicted molar refractivity (Wildman–Crippen MR) is 213 cm³/mol. The molecular weight excluding hydrogens is 603 g/mol. The highest BCUT2D eigenvalue weighted by Gasteiger charge is 2.36. The van der Waals surface area contributed by atoms with Gasteiger partial charge in [-0.1, -0.05) is 166 Å². The van der Waals surface area contributed by atoms with Crippen molar-refractivity contribution < 1.29 is 0 Å². The Kier molecular flexibility index (Phi) is 7.21. The molecule has 0 aliphatic heterocycles. The van der Waals surface area contributed by atoms with E-state index in [1.54, 1.807) is 0 Å². The van der Waals surface area contributed by atoms with Crippen molar-refractivity contribution in [2.24, 2.45) is 0 Å². The van der Waals surface area contributed by atoms with Gasteiger partial charge in [-0.2, -0.15) is 0 Å². The number of anilines is 3. The van der Waals surface area contributed by atoms with Gasteiger partial charge in [-0.15, -0.1) is 0 Å². The van der Waals surface area contributed by atoms with E-state index < -0.39 is 0 Å². The Balaban J connectivity index is 1.17. The number of rotatable bonds is 6. The van der Waals surface area contributed by atoms with Crippen molar-refractivity contribution in [2.75, 3.05) is 4.90 Å². The maximum absolute atomic E-state index is 2.41. The molecule has 1 aliphatic rings. The van der Waals surface area contributed by atoms with Crippen LogP contribution in [0.3, 0.4) is 0 Å². The van der Waals surface area contributed by atoms with Gasteiger partial charge in [-0.25, -0.2) is 0 Å². The fourth-order valence-corrected chi connectivity index (χ4v) is 7.95. The maximum atomic E-state index is 2.41. The molecule has 0 amide bonds. The molecule has 0 bridgehead atoms. The summed E-state index contributed by atoms with van der Waals surface area (Å²) in [6.07, 6.45) is 0. The van der Waals surface area contributed by atoms with Crippen molar-refractivity contribution in [3.63, 3.8) is 0 Å². The van der Waals surface area contributed by atoms with Crippen LogP contribution in [0.2, 0.25) is 0 Å². The topological polar surface area (TPSA) is 3.24 Å². The van der Waals surface area contributed by atoms with E-state index in [1.165, 1.54) is 66.4 Å². The highest BCUT2D eigenvalue weighted by Crippen LogP contribution is 2.52. The van der Waals surface area contributed by atoms with Crippen LogP contribution in [0.15, 0.2) is 188 Å². The number of benzene rings is 8. The molecule has 0 spiro atoms. The van der Waals surface area contributed by atoms with E-state index in [0.717, 1.165) is 17.1 Å². The van der Waals surface area contributed by atoms with Crippen molar-refractivity contribution in [3.05, 3.63) is 199 Å². The van der Waals surface area contributed by atoms with Crippen molar-refractivity contribution in [1.82, 2.24) is 0 Å². The molecule has 0 heterocycles. The van der Waals surface area contributed by atoms with Crippen LogP contribution in [0.4, 0.5) is 17.1 Å². The molecule has 8 aromatic rings. The fraction of sp³-hybridized carbons (Fsp3) is 0.0612. The van der Waals surface area contributed by atoms with E-state index in [1.807, 2.05) is 0 Å². The van der Waals surface area contributed by atoms with Crippen molar-refractivity contribution in [3.8, 4) is 44.5 Å². The summed E-state index contributed by atoms with van der Waals surface area (Å²) in [5, 5.41) is 2.44. The van der Waals surface area contributed by atoms with E-state index in [0.29, 0.717) is 0 Å². The van der Waals surface area contributed by atoms with Gasteiger partial charge in [0.1, 0.15) is 0 Å². The van der Waals surface area contributed by atoms with Gasteiger partial charge in [0.25, 0.3) is 0 Å². The molecule has 0 unspecified atom stereocenters. The average Bonchev–Trinajstić information content (AvgIpc) is 3.42. The summed E-state index contributed by atoms with van der Waals surface area (Å²) in [5.74, 6) is 0. The van der Waals surface area contributed by atoms with Gasteiger partial charge in [-0.3, -0.25) is 0 Å². The molecule has 1 heteroatoms. The van der Waals surface area contributed by atoms with Crippen LogP contribution in [-0.2, 0) is 5.41 Å². The summed E-state index contributed by atoms with van der Waals surface area (Å²) >= 11 is 0. The van der Waals surface area contributed by atoms with Crippen LogP contribution < -0.4 is 4.90 Å². The normalized spacial score (nSPS) is 12.8. The summed E-state index contributed by atoms with van der Waals surface area (Å²) in [6.45, 7) is 4.70. The first-order valence-corrected chi connectivity index (χ1v) is 17.4. The lowest BCUT2D eigenvalue weighted by molar-refractivity contribution is 0.660. The van der Waals surface area contributed by atoms with E-state index >= 15 is 0 Å². The number of hydrogen-bond acceptors (Lipinski definition) is 1. The SMILES string of the molecule is CC1(C)c2ccccc2-c2c(-c3cccc(N(c4ccc(-c5cccc(-c6ccccc6)c5)cc4)c4cccc5ccccc45)c3)cccc21. The molecule has 0 saturated carbocycles. The van der Waals surface area contributed by atoms with Crippen molar-refractivity contribution in [2.45, 2.75) is 19.3 Å². The van der Waals surface area contributed by atoms with Gasteiger partial charge >= 0.3 is 0 Å². The standard InChI is InChI=1S/C49H37N/c1-49(2)45-25-9-8-23-44(45)48-43(24-13-26-46(48)49)39-20-11-21-41(33-39)50(47-27-12-17-36-16-6-7-22-42(36)47)40-30-28-35(29-31-40)38-19-10-18-37(32-38)34-14-4-3-5-15-34/h3-33H,1-2H3. The molecule has 50 heavy (non-hydrogen) atoms. The second-order valence-electron chi connectivity index (χ2n) is 13.8. The quantitative estimate of drug-likeness (QED) is 0.175. The van der Waals surface area contributed by atoms with E-state index in [-0.39, 0.29) is 5.41 Å². The molecular formula is C49H37N. The third-order valence-electron chi connectivity index (χ3n) is 10.5. The Hall–Kier alpha value is -6.18. The molecule has 0 aromatic heterocycles. The molecule has 1 nitrogen and oxygen atoms in total. The Morgan fingerprint density at radius 1 is 0.380 bits per heavy atom. The summed E-state index contributed by atoms with van der Waals surface area (Å²) in [7, 11) is 0. The second kappa shape index (κ2) is 12.1. The van der Waals surface area contributed by atoms with Crippen LogP contribution in [-0.4, -0.2) is 0 Å². The summed E-state index contributed by atoms with van der Waals surface area (Å²) in [6, 6.07) is 68.5. The van der Waals surface area contributed by atoms with Crippen LogP contribution in [0, 0.1) is 0 Å². The summed E-state index contributed by atoms with van der Waals surface area (Å²) in [5.41, 5.74) is 16.2. The first kappa shape index (κ1) is 29.9. The zero-order valence-electron chi connectivity index (χ0n) is 28.3. The first-order chi connectivity index (χ1) is 24.6. The van der Waals surface area contributed by atoms with E-state index in [4.69, 9.17) is 0 Å². The minimum absolute atomic E-state index is 0.0447. The molecule has 0 fully saturated rings. The third-order valence-corrected chi connectivity index (χ3v) is 10.5. The Morgan fingerprint density at radius 3 is 1.80 bits per heavy atom. The molecule has 8 aromatic carbocycles. The third kappa shape index (κ3) is 5.02. The smallest absolute Gasteiger partial charge is 0.0540 e. The molecule has 238 valence electrons. The highest BCUT2D eigenvalue weighted by molar-refractivity contribution is 6.00. The fourth-order valence-electron chi connectivity index (χ4n) is 7.95. The molecule has 1 aliphatic carbocycles. The molecule has 0 N–H and O–H groups in total. The van der Waals surface area contributed by atoms with Crippen LogP contribution in [0.25, 0.3) is 55.3 Å². The van der Waals surface area contributed by atoms with Crippen LogP contribution >= 0.6 is 0 Å². The first-order valence-electron chi connectivity index (χ1n) is 17.4. The van der Waals surface area contributed by atoms with Gasteiger partial charge in [0.05, 0.1) is 5.69 Å². The molecule has 0 radical (unpaired) electrons. The van der Waals surface area contributed by atoms with Gasteiger partial charge in [-0.05, 0) is 97.4 Å². The molecule has 0 atom stereocenters. The average molecular weight is 640 g/mol. The molecule has 0 saturated heterocycles. The lowest BCUT2D eigenvalue weighted by Crippen LogP contribution is -2.14. The van der Waals surface area contributed by atoms with Gasteiger partial charge in [0.2, 0.25) is 0 Å². The number of hydrogen-bond donors (Lipinski definition) is 0. The van der Waals surface area contributed by atoms with Crippen molar-refractivity contribution in [1.29, 1.82) is 0 Å². The minimum Gasteiger partial charge on any atom is -0.310 e. The Morgan fingerprint density at radius 2 is 0.960 bits per heavy atom. The monoisotopic (exact) mass is 639 g/mol. The van der Waals surface area contributed by atoms with E-state index in [9.17, 15) is 0 Å². The zero-order chi connectivity index (χ0) is 33.7. The lowest BCUT2D eigenvalue weighted by atomic mass is 9.82. The highest BCUT2D eigenvalue weighted by atomic mass is 15.1. The summed E-state index contributed by atoms with van der Waals surface area (Å²) in [4.78, 5) is 2.41. The zero-order valence-corrected chi connectivity index (χ0v) is 28.3.